The molecule has 5 nitrogen and oxygen atoms in total. The van der Waals surface area contributed by atoms with Crippen LogP contribution >= 0.6 is 0 Å². The highest BCUT2D eigenvalue weighted by Crippen LogP contribution is 2.19. The molecule has 1 aromatic carbocycles. The van der Waals surface area contributed by atoms with E-state index in [-0.39, 0.29) is 18.2 Å². The number of hydrogen-bond acceptors (Lipinski definition) is 3. The number of hydrogen-bond donors (Lipinski definition) is 4. The quantitative estimate of drug-likeness (QED) is 0.684. The number of nitrogens with one attached hydrogen (secondary N) is 2. The van der Waals surface area contributed by atoms with E-state index in [1.165, 1.54) is 0 Å². The molecule has 0 aliphatic heterocycles. The minimum absolute atomic E-state index is 0.134. The van der Waals surface area contributed by atoms with Gasteiger partial charge in [-0.05, 0) is 50.3 Å². The van der Waals surface area contributed by atoms with Crippen molar-refractivity contribution in [1.29, 1.82) is 0 Å². The summed E-state index contributed by atoms with van der Waals surface area (Å²) < 4.78 is 0. The first kappa shape index (κ1) is 14.8. The summed E-state index contributed by atoms with van der Waals surface area (Å²) in [6.45, 7) is 1.70. The number of amides is 2. The zero-order valence-corrected chi connectivity index (χ0v) is 11.7. The van der Waals surface area contributed by atoms with Gasteiger partial charge in [0.05, 0.1) is 12.2 Å². The van der Waals surface area contributed by atoms with E-state index in [9.17, 15) is 15.0 Å². The summed E-state index contributed by atoms with van der Waals surface area (Å²) in [4.78, 5) is 11.8. The molecule has 1 aliphatic rings. The summed E-state index contributed by atoms with van der Waals surface area (Å²) in [5.74, 6) is 0. The van der Waals surface area contributed by atoms with Crippen molar-refractivity contribution in [2.45, 2.75) is 50.9 Å². The van der Waals surface area contributed by atoms with Crippen molar-refractivity contribution >= 4 is 11.7 Å². The average Bonchev–Trinajstić information content (AvgIpc) is 2.42. The van der Waals surface area contributed by atoms with E-state index in [1.807, 2.05) is 0 Å². The van der Waals surface area contributed by atoms with E-state index >= 15 is 0 Å². The molecule has 4 N–H and O–H groups in total. The van der Waals surface area contributed by atoms with Crippen LogP contribution in [-0.4, -0.2) is 28.4 Å². The summed E-state index contributed by atoms with van der Waals surface area (Å²) in [6, 6.07) is 7.03. The second-order valence-corrected chi connectivity index (χ2v) is 5.40. The average molecular weight is 278 g/mol. The Hall–Kier alpha value is -1.59. The Morgan fingerprint density at radius 2 is 1.80 bits per heavy atom. The fourth-order valence-corrected chi connectivity index (χ4v) is 2.42. The van der Waals surface area contributed by atoms with Crippen LogP contribution in [0, 0.1) is 0 Å². The molecule has 1 aliphatic carbocycles. The van der Waals surface area contributed by atoms with Gasteiger partial charge >= 0.3 is 6.03 Å². The maximum absolute atomic E-state index is 11.8. The first-order chi connectivity index (χ1) is 9.54. The molecule has 1 aromatic rings. The number of aliphatic hydroxyl groups is 2. The number of carbonyl (C=O) groups is 1. The molecule has 2 amide bonds. The van der Waals surface area contributed by atoms with Crippen LogP contribution in [0.5, 0.6) is 0 Å². The largest absolute Gasteiger partial charge is 0.393 e. The molecular weight excluding hydrogens is 256 g/mol. The molecule has 1 fully saturated rings. The van der Waals surface area contributed by atoms with Gasteiger partial charge in [-0.3, -0.25) is 0 Å². The zero-order chi connectivity index (χ0) is 14.5. The summed E-state index contributed by atoms with van der Waals surface area (Å²) in [6.07, 6.45) is 2.39. The predicted molar refractivity (Wildman–Crippen MR) is 77.5 cm³/mol. The van der Waals surface area contributed by atoms with Gasteiger partial charge in [-0.25, -0.2) is 4.79 Å². The number of anilines is 1. The second-order valence-electron chi connectivity index (χ2n) is 5.40. The predicted octanol–water partition coefficient (Wildman–Crippen LogP) is 2.16. The molecule has 2 rings (SSSR count). The van der Waals surface area contributed by atoms with Crippen LogP contribution in [0.4, 0.5) is 10.5 Å². The van der Waals surface area contributed by atoms with Crippen LogP contribution in [-0.2, 0) is 0 Å². The molecule has 1 unspecified atom stereocenters. The van der Waals surface area contributed by atoms with Crippen LogP contribution in [0.3, 0.4) is 0 Å². The van der Waals surface area contributed by atoms with Crippen LogP contribution in [0.2, 0.25) is 0 Å². The summed E-state index contributed by atoms with van der Waals surface area (Å²) in [5.41, 5.74) is 1.51. The van der Waals surface area contributed by atoms with Gasteiger partial charge in [-0.1, -0.05) is 12.1 Å². The maximum Gasteiger partial charge on any atom is 0.319 e. The van der Waals surface area contributed by atoms with E-state index in [0.717, 1.165) is 31.2 Å². The minimum Gasteiger partial charge on any atom is -0.393 e. The number of rotatable bonds is 3. The molecule has 0 bridgehead atoms. The van der Waals surface area contributed by atoms with Crippen LogP contribution < -0.4 is 10.6 Å². The lowest BCUT2D eigenvalue weighted by Crippen LogP contribution is -2.40. The van der Waals surface area contributed by atoms with Gasteiger partial charge in [0, 0.05) is 11.7 Å². The first-order valence-corrected chi connectivity index (χ1v) is 7.08. The Balaban J connectivity index is 1.82. The van der Waals surface area contributed by atoms with Crippen LogP contribution in [0.1, 0.15) is 44.3 Å². The van der Waals surface area contributed by atoms with Crippen LogP contribution in [0.25, 0.3) is 0 Å². The van der Waals surface area contributed by atoms with Crippen molar-refractivity contribution in [2.75, 3.05) is 5.32 Å². The van der Waals surface area contributed by atoms with Crippen molar-refractivity contribution in [1.82, 2.24) is 5.32 Å². The van der Waals surface area contributed by atoms with Gasteiger partial charge in [0.15, 0.2) is 0 Å². The molecule has 20 heavy (non-hydrogen) atoms. The Bertz CT molecular complexity index is 437. The molecule has 5 heteroatoms. The SMILES string of the molecule is CC(O)c1ccc(NC(=O)NC2CCC(O)CC2)cc1. The van der Waals surface area contributed by atoms with E-state index < -0.39 is 6.10 Å². The number of benzene rings is 1. The number of urea groups is 1. The lowest BCUT2D eigenvalue weighted by Gasteiger charge is -2.26. The third kappa shape index (κ3) is 4.21. The second kappa shape index (κ2) is 6.72. The topological polar surface area (TPSA) is 81.6 Å². The first-order valence-electron chi connectivity index (χ1n) is 7.08. The molecule has 1 saturated carbocycles. The smallest absolute Gasteiger partial charge is 0.319 e. The third-order valence-corrected chi connectivity index (χ3v) is 3.68. The minimum atomic E-state index is -0.508. The molecule has 0 radical (unpaired) electrons. The van der Waals surface area contributed by atoms with Gasteiger partial charge in [-0.15, -0.1) is 0 Å². The highest BCUT2D eigenvalue weighted by atomic mass is 16.3. The zero-order valence-electron chi connectivity index (χ0n) is 11.7. The van der Waals surface area contributed by atoms with Gasteiger partial charge < -0.3 is 20.8 Å². The van der Waals surface area contributed by atoms with Crippen molar-refractivity contribution in [3.63, 3.8) is 0 Å². The van der Waals surface area contributed by atoms with Crippen molar-refractivity contribution in [3.05, 3.63) is 29.8 Å². The number of aliphatic hydroxyl groups excluding tert-OH is 2. The lowest BCUT2D eigenvalue weighted by atomic mass is 9.93. The Labute approximate surface area is 119 Å². The molecule has 0 aromatic heterocycles. The molecule has 0 spiro atoms. The van der Waals surface area contributed by atoms with E-state index in [0.29, 0.717) is 5.69 Å². The molecule has 110 valence electrons. The van der Waals surface area contributed by atoms with Crippen molar-refractivity contribution < 1.29 is 15.0 Å². The van der Waals surface area contributed by atoms with E-state index in [4.69, 9.17) is 0 Å². The highest BCUT2D eigenvalue weighted by molar-refractivity contribution is 5.89. The standard InChI is InChI=1S/C15H22N2O3/c1-10(18)11-2-4-12(5-3-11)16-15(20)17-13-6-8-14(19)9-7-13/h2-5,10,13-14,18-19H,6-9H2,1H3,(H2,16,17,20). The molecule has 1 atom stereocenters. The molecular formula is C15H22N2O3. The van der Waals surface area contributed by atoms with Gasteiger partial charge in [0.25, 0.3) is 0 Å². The van der Waals surface area contributed by atoms with E-state index in [1.54, 1.807) is 31.2 Å². The van der Waals surface area contributed by atoms with Crippen molar-refractivity contribution in [3.8, 4) is 0 Å². The summed E-state index contributed by atoms with van der Waals surface area (Å²) in [5, 5.41) is 24.5. The van der Waals surface area contributed by atoms with E-state index in [2.05, 4.69) is 10.6 Å². The maximum atomic E-state index is 11.8. The monoisotopic (exact) mass is 278 g/mol. The summed E-state index contributed by atoms with van der Waals surface area (Å²) >= 11 is 0. The lowest BCUT2D eigenvalue weighted by molar-refractivity contribution is 0.118. The van der Waals surface area contributed by atoms with Crippen LogP contribution in [0.15, 0.2) is 24.3 Å². The number of carbonyl (C=O) groups excluding carboxylic acids is 1. The van der Waals surface area contributed by atoms with Gasteiger partial charge in [0.1, 0.15) is 0 Å². The molecule has 0 saturated heterocycles. The third-order valence-electron chi connectivity index (χ3n) is 3.68. The highest BCUT2D eigenvalue weighted by Gasteiger charge is 2.20. The van der Waals surface area contributed by atoms with Gasteiger partial charge in [-0.2, -0.15) is 0 Å². The molecule has 0 heterocycles. The Morgan fingerprint density at radius 3 is 2.35 bits per heavy atom. The van der Waals surface area contributed by atoms with Gasteiger partial charge in [0.2, 0.25) is 0 Å². The fraction of sp³-hybridized carbons (Fsp3) is 0.533. The fourth-order valence-electron chi connectivity index (χ4n) is 2.42. The summed E-state index contributed by atoms with van der Waals surface area (Å²) in [7, 11) is 0. The van der Waals surface area contributed by atoms with Crippen molar-refractivity contribution in [2.24, 2.45) is 0 Å². The Morgan fingerprint density at radius 1 is 1.20 bits per heavy atom. The normalized spacial score (nSPS) is 23.9. The Kier molecular flexibility index (Phi) is 4.98.